The summed E-state index contributed by atoms with van der Waals surface area (Å²) in [4.78, 5) is 32.0. The van der Waals surface area contributed by atoms with Crippen molar-refractivity contribution in [3.8, 4) is 0 Å². The topological polar surface area (TPSA) is 66.7 Å². The zero-order chi connectivity index (χ0) is 22.7. The van der Waals surface area contributed by atoms with Gasteiger partial charge >= 0.3 is 6.18 Å². The number of alkyl halides is 3. The average Bonchev–Trinajstić information content (AvgIpc) is 3.45. The van der Waals surface area contributed by atoms with Gasteiger partial charge in [0.25, 0.3) is 5.91 Å². The molecule has 32 heavy (non-hydrogen) atoms. The Balaban J connectivity index is 1.27. The molecule has 10 heteroatoms. The molecule has 0 saturated carbocycles. The molecule has 1 N–H and O–H groups in total. The van der Waals surface area contributed by atoms with E-state index in [1.807, 2.05) is 35.0 Å². The van der Waals surface area contributed by atoms with Crippen molar-refractivity contribution in [1.82, 2.24) is 19.6 Å². The summed E-state index contributed by atoms with van der Waals surface area (Å²) in [6.45, 7) is 1.28. The predicted octanol–water partition coefficient (Wildman–Crippen LogP) is 4.37. The van der Waals surface area contributed by atoms with Crippen molar-refractivity contribution < 1.29 is 22.8 Å². The van der Waals surface area contributed by atoms with Gasteiger partial charge < -0.3 is 14.6 Å². The molecule has 0 spiro atoms. The third kappa shape index (κ3) is 5.48. The fraction of sp³-hybridized carbons (Fsp3) is 0.409. The van der Waals surface area contributed by atoms with Crippen LogP contribution in [0.2, 0.25) is 0 Å². The fourth-order valence-electron chi connectivity index (χ4n) is 3.85. The van der Waals surface area contributed by atoms with E-state index in [9.17, 15) is 22.8 Å². The van der Waals surface area contributed by atoms with E-state index in [0.29, 0.717) is 37.4 Å². The highest BCUT2D eigenvalue weighted by Gasteiger charge is 2.31. The summed E-state index contributed by atoms with van der Waals surface area (Å²) < 4.78 is 38.9. The number of imidazole rings is 1. The van der Waals surface area contributed by atoms with E-state index < -0.39 is 24.9 Å². The molecule has 4 rings (SSSR count). The number of hydrogen-bond donors (Lipinski definition) is 1. The first-order valence-electron chi connectivity index (χ1n) is 10.4. The van der Waals surface area contributed by atoms with Crippen LogP contribution in [0.5, 0.6) is 0 Å². The number of fused-ring (bicyclic) bond motifs is 1. The fourth-order valence-corrected chi connectivity index (χ4v) is 4.94. The Morgan fingerprint density at radius 1 is 1.16 bits per heavy atom. The lowest BCUT2D eigenvalue weighted by Gasteiger charge is -2.31. The van der Waals surface area contributed by atoms with E-state index in [2.05, 4.69) is 10.3 Å². The number of thiophene rings is 1. The molecule has 1 aliphatic heterocycles. The molecule has 170 valence electrons. The average molecular weight is 465 g/mol. The Morgan fingerprint density at radius 3 is 2.69 bits per heavy atom. The molecule has 6 nitrogen and oxygen atoms in total. The van der Waals surface area contributed by atoms with Crippen molar-refractivity contribution in [2.75, 3.05) is 13.1 Å². The van der Waals surface area contributed by atoms with Gasteiger partial charge in [-0.1, -0.05) is 0 Å². The maximum Gasteiger partial charge on any atom is 0.389 e. The van der Waals surface area contributed by atoms with Crippen molar-refractivity contribution in [3.63, 3.8) is 0 Å². The first kappa shape index (κ1) is 22.3. The standard InChI is InChI=1S/C22H23F3N4O2S/c23-22(24,25)7-3-20(30)29-10-5-16(6-11-29)17-1-2-18(32-17)21(31)27-14-15-4-9-28-12-8-26-19(28)13-15/h1-2,4,8-9,12-13,16H,3,5-7,10-11,14H2,(H,27,31). The third-order valence-electron chi connectivity index (χ3n) is 5.64. The number of halogens is 3. The van der Waals surface area contributed by atoms with E-state index in [-0.39, 0.29) is 11.8 Å². The van der Waals surface area contributed by atoms with Gasteiger partial charge in [0.1, 0.15) is 5.65 Å². The highest BCUT2D eigenvalue weighted by molar-refractivity contribution is 7.14. The molecule has 0 bridgehead atoms. The molecule has 1 fully saturated rings. The van der Waals surface area contributed by atoms with Crippen molar-refractivity contribution >= 4 is 28.8 Å². The molecule has 0 unspecified atom stereocenters. The highest BCUT2D eigenvalue weighted by atomic mass is 32.1. The molecule has 1 saturated heterocycles. The number of hydrogen-bond acceptors (Lipinski definition) is 4. The van der Waals surface area contributed by atoms with Crippen LogP contribution >= 0.6 is 11.3 Å². The second-order valence-electron chi connectivity index (χ2n) is 7.88. The molecular weight excluding hydrogens is 441 g/mol. The zero-order valence-electron chi connectivity index (χ0n) is 17.3. The van der Waals surface area contributed by atoms with Gasteiger partial charge in [0.15, 0.2) is 0 Å². The Hall–Kier alpha value is -2.88. The van der Waals surface area contributed by atoms with Gasteiger partial charge in [0.05, 0.1) is 11.3 Å². The quantitative estimate of drug-likeness (QED) is 0.589. The number of likely N-dealkylation sites (tertiary alicyclic amines) is 1. The normalized spacial score (nSPS) is 15.3. The maximum absolute atomic E-state index is 12.6. The lowest BCUT2D eigenvalue weighted by molar-refractivity contribution is -0.149. The number of carbonyl (C=O) groups excluding carboxylic acids is 2. The summed E-state index contributed by atoms with van der Waals surface area (Å²) in [5, 5.41) is 2.93. The number of nitrogens with one attached hydrogen (secondary N) is 1. The molecule has 3 aromatic rings. The molecule has 4 heterocycles. The van der Waals surface area contributed by atoms with Gasteiger partial charge in [-0.05, 0) is 48.6 Å². The van der Waals surface area contributed by atoms with Crippen LogP contribution in [0.25, 0.3) is 5.65 Å². The molecule has 0 radical (unpaired) electrons. The Kier molecular flexibility index (Phi) is 6.50. The van der Waals surface area contributed by atoms with Crippen molar-refractivity contribution in [2.24, 2.45) is 0 Å². The second kappa shape index (κ2) is 9.32. The first-order valence-corrected chi connectivity index (χ1v) is 11.2. The summed E-state index contributed by atoms with van der Waals surface area (Å²) in [5.41, 5.74) is 1.77. The van der Waals surface area contributed by atoms with Gasteiger partial charge in [-0.3, -0.25) is 9.59 Å². The van der Waals surface area contributed by atoms with E-state index in [0.717, 1.165) is 16.1 Å². The second-order valence-corrected chi connectivity index (χ2v) is 9.00. The van der Waals surface area contributed by atoms with Gasteiger partial charge in [-0.15, -0.1) is 11.3 Å². The van der Waals surface area contributed by atoms with Gasteiger partial charge in [-0.25, -0.2) is 4.98 Å². The third-order valence-corrected chi connectivity index (χ3v) is 6.88. The number of piperidine rings is 1. The smallest absolute Gasteiger partial charge is 0.347 e. The Bertz CT molecular complexity index is 1100. The zero-order valence-corrected chi connectivity index (χ0v) is 18.1. The molecule has 1 aliphatic rings. The van der Waals surface area contributed by atoms with Crippen LogP contribution in [0.4, 0.5) is 13.2 Å². The lowest BCUT2D eigenvalue weighted by Crippen LogP contribution is -2.38. The van der Waals surface area contributed by atoms with E-state index >= 15 is 0 Å². The number of aromatic nitrogens is 2. The van der Waals surface area contributed by atoms with Crippen molar-refractivity contribution in [1.29, 1.82) is 0 Å². The van der Waals surface area contributed by atoms with Crippen LogP contribution in [-0.4, -0.2) is 45.4 Å². The number of nitrogens with zero attached hydrogens (tertiary/aromatic N) is 3. The van der Waals surface area contributed by atoms with Crippen molar-refractivity contribution in [3.05, 3.63) is 58.2 Å². The first-order chi connectivity index (χ1) is 15.3. The van der Waals surface area contributed by atoms with Crippen molar-refractivity contribution in [2.45, 2.75) is 44.3 Å². The Morgan fingerprint density at radius 2 is 1.94 bits per heavy atom. The molecule has 0 aliphatic carbocycles. The summed E-state index contributed by atoms with van der Waals surface area (Å²) in [6, 6.07) is 7.58. The number of rotatable bonds is 6. The molecule has 0 atom stereocenters. The van der Waals surface area contributed by atoms with Gasteiger partial charge in [0, 0.05) is 49.5 Å². The summed E-state index contributed by atoms with van der Waals surface area (Å²) in [5.74, 6) is -0.388. The van der Waals surface area contributed by atoms with Gasteiger partial charge in [0.2, 0.25) is 5.91 Å². The van der Waals surface area contributed by atoms with Crippen LogP contribution in [0.15, 0.2) is 42.9 Å². The number of pyridine rings is 1. The van der Waals surface area contributed by atoms with Crippen LogP contribution in [0, 0.1) is 0 Å². The van der Waals surface area contributed by atoms with E-state index in [1.165, 1.54) is 16.2 Å². The van der Waals surface area contributed by atoms with E-state index in [1.54, 1.807) is 12.3 Å². The van der Waals surface area contributed by atoms with Gasteiger partial charge in [-0.2, -0.15) is 13.2 Å². The largest absolute Gasteiger partial charge is 0.389 e. The minimum Gasteiger partial charge on any atom is -0.347 e. The monoisotopic (exact) mass is 464 g/mol. The minimum absolute atomic E-state index is 0.149. The predicted molar refractivity (Wildman–Crippen MR) is 115 cm³/mol. The molecular formula is C22H23F3N4O2S. The van der Waals surface area contributed by atoms with Crippen LogP contribution < -0.4 is 5.32 Å². The summed E-state index contributed by atoms with van der Waals surface area (Å²) >= 11 is 1.43. The SMILES string of the molecule is O=C(NCc1ccn2ccnc2c1)c1ccc(C2CCN(C(=O)CCC(F)(F)F)CC2)s1. The van der Waals surface area contributed by atoms with Crippen LogP contribution in [0.3, 0.4) is 0 Å². The number of amides is 2. The minimum atomic E-state index is -4.31. The highest BCUT2D eigenvalue weighted by Crippen LogP contribution is 2.33. The molecule has 3 aromatic heterocycles. The molecule has 0 aromatic carbocycles. The molecule has 2 amide bonds. The van der Waals surface area contributed by atoms with Crippen LogP contribution in [-0.2, 0) is 11.3 Å². The lowest BCUT2D eigenvalue weighted by atomic mass is 9.95. The maximum atomic E-state index is 12.6. The summed E-state index contributed by atoms with van der Waals surface area (Å²) in [6.07, 6.45) is 0.951. The summed E-state index contributed by atoms with van der Waals surface area (Å²) in [7, 11) is 0. The van der Waals surface area contributed by atoms with Crippen LogP contribution in [0.1, 0.15) is 51.7 Å². The number of carbonyl (C=O) groups is 2. The van der Waals surface area contributed by atoms with E-state index in [4.69, 9.17) is 0 Å². The Labute approximate surface area is 187 Å².